The Balaban J connectivity index is 2.27. The molecule has 90 valence electrons. The highest BCUT2D eigenvalue weighted by Crippen LogP contribution is 2.22. The molecule has 0 unspecified atom stereocenters. The summed E-state index contributed by atoms with van der Waals surface area (Å²) in [5, 5.41) is 9.08. The maximum absolute atomic E-state index is 11.1. The van der Waals surface area contributed by atoms with Crippen molar-refractivity contribution in [3.8, 4) is 0 Å². The first kappa shape index (κ1) is 11.8. The van der Waals surface area contributed by atoms with Crippen LogP contribution in [-0.4, -0.2) is 16.8 Å². The average Bonchev–Trinajstić information content (AvgIpc) is 2.58. The summed E-state index contributed by atoms with van der Waals surface area (Å²) in [6.45, 7) is 0. The van der Waals surface area contributed by atoms with Crippen molar-refractivity contribution in [1.29, 1.82) is 0 Å². The molecule has 1 aliphatic carbocycles. The fraction of sp³-hybridized carbons (Fsp3) is 0.429. The van der Waals surface area contributed by atoms with Crippen molar-refractivity contribution in [3.63, 3.8) is 0 Å². The minimum Gasteiger partial charge on any atom is -0.478 e. The van der Waals surface area contributed by atoms with Crippen molar-refractivity contribution in [2.75, 3.05) is 0 Å². The second kappa shape index (κ2) is 5.62. The van der Waals surface area contributed by atoms with E-state index in [1.165, 1.54) is 25.7 Å². The van der Waals surface area contributed by atoms with Gasteiger partial charge in [0.2, 0.25) is 0 Å². The molecular formula is C14H17NO2. The van der Waals surface area contributed by atoms with Crippen molar-refractivity contribution in [2.24, 2.45) is 4.99 Å². The van der Waals surface area contributed by atoms with Crippen LogP contribution in [0.15, 0.2) is 29.3 Å². The summed E-state index contributed by atoms with van der Waals surface area (Å²) in [7, 11) is 0. The molecule has 17 heavy (non-hydrogen) atoms. The van der Waals surface area contributed by atoms with Gasteiger partial charge in [0.15, 0.2) is 0 Å². The molecule has 2 rings (SSSR count). The third kappa shape index (κ3) is 3.16. The van der Waals surface area contributed by atoms with E-state index in [1.807, 2.05) is 6.07 Å². The van der Waals surface area contributed by atoms with E-state index in [-0.39, 0.29) is 0 Å². The third-order valence-electron chi connectivity index (χ3n) is 3.09. The van der Waals surface area contributed by atoms with E-state index < -0.39 is 5.97 Å². The molecule has 0 aromatic heterocycles. The summed E-state index contributed by atoms with van der Waals surface area (Å²) in [5.74, 6) is -0.904. The molecule has 0 spiro atoms. The van der Waals surface area contributed by atoms with Crippen molar-refractivity contribution < 1.29 is 9.90 Å². The van der Waals surface area contributed by atoms with Gasteiger partial charge in [-0.25, -0.2) is 4.79 Å². The number of nitrogens with zero attached hydrogens (tertiary/aromatic N) is 1. The summed E-state index contributed by atoms with van der Waals surface area (Å²) in [4.78, 5) is 15.6. The first-order valence-corrected chi connectivity index (χ1v) is 6.16. The molecule has 0 heterocycles. The van der Waals surface area contributed by atoms with Gasteiger partial charge in [-0.3, -0.25) is 4.99 Å². The van der Waals surface area contributed by atoms with Crippen LogP contribution in [0.1, 0.15) is 48.9 Å². The highest BCUT2D eigenvalue weighted by Gasteiger charge is 2.10. The van der Waals surface area contributed by atoms with E-state index in [0.29, 0.717) is 11.3 Å². The van der Waals surface area contributed by atoms with Crippen molar-refractivity contribution in [1.82, 2.24) is 0 Å². The standard InChI is InChI=1S/C14H17NO2/c16-14(17)12-9-5-6-10-13(12)15-11-7-3-1-2-4-8-11/h5-6,9-10H,1-4,7-8H2,(H,16,17). The maximum Gasteiger partial charge on any atom is 0.337 e. The zero-order chi connectivity index (χ0) is 12.1. The monoisotopic (exact) mass is 231 g/mol. The number of aliphatic imine (C=N–C) groups is 1. The van der Waals surface area contributed by atoms with Crippen molar-refractivity contribution in [3.05, 3.63) is 29.8 Å². The van der Waals surface area contributed by atoms with E-state index in [0.717, 1.165) is 18.6 Å². The van der Waals surface area contributed by atoms with Gasteiger partial charge in [0.1, 0.15) is 0 Å². The minimum atomic E-state index is -0.904. The number of carboxylic acids is 1. The van der Waals surface area contributed by atoms with Gasteiger partial charge in [0.05, 0.1) is 11.3 Å². The molecule has 1 saturated carbocycles. The van der Waals surface area contributed by atoms with Gasteiger partial charge in [0, 0.05) is 5.71 Å². The molecule has 1 aromatic rings. The predicted molar refractivity (Wildman–Crippen MR) is 68.2 cm³/mol. The molecule has 1 N–H and O–H groups in total. The Morgan fingerprint density at radius 2 is 1.71 bits per heavy atom. The van der Waals surface area contributed by atoms with Gasteiger partial charge in [0.25, 0.3) is 0 Å². The highest BCUT2D eigenvalue weighted by molar-refractivity contribution is 5.96. The zero-order valence-corrected chi connectivity index (χ0v) is 9.85. The molecule has 0 atom stereocenters. The van der Waals surface area contributed by atoms with Crippen LogP contribution in [0.3, 0.4) is 0 Å². The first-order valence-electron chi connectivity index (χ1n) is 6.16. The highest BCUT2D eigenvalue weighted by atomic mass is 16.4. The summed E-state index contributed by atoms with van der Waals surface area (Å²) >= 11 is 0. The second-order valence-corrected chi connectivity index (χ2v) is 4.41. The minimum absolute atomic E-state index is 0.296. The summed E-state index contributed by atoms with van der Waals surface area (Å²) < 4.78 is 0. The van der Waals surface area contributed by atoms with Crippen molar-refractivity contribution >= 4 is 17.4 Å². The molecular weight excluding hydrogens is 214 g/mol. The van der Waals surface area contributed by atoms with E-state index in [2.05, 4.69) is 4.99 Å². The van der Waals surface area contributed by atoms with Gasteiger partial charge in [-0.15, -0.1) is 0 Å². The first-order chi connectivity index (χ1) is 8.27. The molecule has 0 aliphatic heterocycles. The Labute approximate surface area is 101 Å². The van der Waals surface area contributed by atoms with Crippen LogP contribution in [0.4, 0.5) is 5.69 Å². The number of hydrogen-bond acceptors (Lipinski definition) is 2. The van der Waals surface area contributed by atoms with Crippen LogP contribution in [0.5, 0.6) is 0 Å². The van der Waals surface area contributed by atoms with E-state index in [1.54, 1.807) is 18.2 Å². The lowest BCUT2D eigenvalue weighted by atomic mass is 10.1. The fourth-order valence-corrected chi connectivity index (χ4v) is 2.17. The fourth-order valence-electron chi connectivity index (χ4n) is 2.17. The largest absolute Gasteiger partial charge is 0.478 e. The van der Waals surface area contributed by atoms with Crippen LogP contribution in [0.2, 0.25) is 0 Å². The lowest BCUT2D eigenvalue weighted by Crippen LogP contribution is -1.99. The Morgan fingerprint density at radius 1 is 1.06 bits per heavy atom. The van der Waals surface area contributed by atoms with Crippen LogP contribution in [0, 0.1) is 0 Å². The number of carbonyl (C=O) groups is 1. The number of aromatic carboxylic acids is 1. The lowest BCUT2D eigenvalue weighted by molar-refractivity contribution is 0.0698. The van der Waals surface area contributed by atoms with Crippen LogP contribution >= 0.6 is 0 Å². The topological polar surface area (TPSA) is 49.7 Å². The predicted octanol–water partition coefficient (Wildman–Crippen LogP) is 3.81. The molecule has 0 bridgehead atoms. The normalized spacial score (nSPS) is 16.4. The lowest BCUT2D eigenvalue weighted by Gasteiger charge is -2.04. The summed E-state index contributed by atoms with van der Waals surface area (Å²) in [6.07, 6.45) is 6.89. The third-order valence-corrected chi connectivity index (χ3v) is 3.09. The zero-order valence-electron chi connectivity index (χ0n) is 9.85. The molecule has 0 amide bonds. The quantitative estimate of drug-likeness (QED) is 0.787. The molecule has 3 heteroatoms. The Kier molecular flexibility index (Phi) is 3.91. The van der Waals surface area contributed by atoms with Crippen LogP contribution in [-0.2, 0) is 0 Å². The molecule has 0 radical (unpaired) electrons. The number of carboxylic acid groups (broad SMARTS) is 1. The smallest absolute Gasteiger partial charge is 0.337 e. The Morgan fingerprint density at radius 3 is 2.35 bits per heavy atom. The van der Waals surface area contributed by atoms with E-state index >= 15 is 0 Å². The van der Waals surface area contributed by atoms with Gasteiger partial charge in [-0.1, -0.05) is 25.0 Å². The molecule has 1 aromatic carbocycles. The van der Waals surface area contributed by atoms with Gasteiger partial charge in [-0.05, 0) is 37.8 Å². The molecule has 1 aliphatic rings. The number of rotatable bonds is 2. The molecule has 0 saturated heterocycles. The number of benzene rings is 1. The average molecular weight is 231 g/mol. The Hall–Kier alpha value is -1.64. The number of hydrogen-bond donors (Lipinski definition) is 1. The molecule has 3 nitrogen and oxygen atoms in total. The van der Waals surface area contributed by atoms with Crippen molar-refractivity contribution in [2.45, 2.75) is 38.5 Å². The summed E-state index contributed by atoms with van der Waals surface area (Å²) in [5.41, 5.74) is 2.04. The maximum atomic E-state index is 11.1. The SMILES string of the molecule is O=C(O)c1ccccc1N=C1CCCCCC1. The van der Waals surface area contributed by atoms with E-state index in [9.17, 15) is 4.79 Å². The second-order valence-electron chi connectivity index (χ2n) is 4.41. The van der Waals surface area contributed by atoms with E-state index in [4.69, 9.17) is 5.11 Å². The van der Waals surface area contributed by atoms with Gasteiger partial charge >= 0.3 is 5.97 Å². The van der Waals surface area contributed by atoms with Gasteiger partial charge < -0.3 is 5.11 Å². The van der Waals surface area contributed by atoms with Gasteiger partial charge in [-0.2, -0.15) is 0 Å². The molecule has 1 fully saturated rings. The summed E-state index contributed by atoms with van der Waals surface area (Å²) in [6, 6.07) is 6.96. The van der Waals surface area contributed by atoms with Crippen LogP contribution in [0.25, 0.3) is 0 Å². The number of para-hydroxylation sites is 1. The van der Waals surface area contributed by atoms with Crippen LogP contribution < -0.4 is 0 Å². The Bertz CT molecular complexity index is 428.